The second-order valence-electron chi connectivity index (χ2n) is 8.13. The van der Waals surface area contributed by atoms with E-state index in [1.807, 2.05) is 0 Å². The molecule has 1 heteroatoms. The maximum Gasteiger partial charge on any atom is 0.0792 e. The number of hydrogen-bond donors (Lipinski definition) is 1. The molecule has 2 aliphatic rings. The van der Waals surface area contributed by atoms with E-state index in [1.165, 1.54) is 41.5 Å². The van der Waals surface area contributed by atoms with Crippen molar-refractivity contribution < 1.29 is 5.11 Å². The van der Waals surface area contributed by atoms with Crippen LogP contribution in [0.3, 0.4) is 0 Å². The van der Waals surface area contributed by atoms with E-state index >= 15 is 0 Å². The van der Waals surface area contributed by atoms with Crippen molar-refractivity contribution in [3.63, 3.8) is 0 Å². The van der Waals surface area contributed by atoms with E-state index in [9.17, 15) is 5.11 Å². The average molecular weight is 272 g/mol. The zero-order valence-corrected chi connectivity index (χ0v) is 13.4. The lowest BCUT2D eigenvalue weighted by atomic mass is 9.62. The van der Waals surface area contributed by atoms with Crippen molar-refractivity contribution in [3.8, 4) is 0 Å². The summed E-state index contributed by atoms with van der Waals surface area (Å²) in [5.74, 6) is 0. The van der Waals surface area contributed by atoms with Crippen LogP contribution in [0.2, 0.25) is 0 Å². The third-order valence-corrected chi connectivity index (χ3v) is 5.65. The Morgan fingerprint density at radius 1 is 0.950 bits per heavy atom. The van der Waals surface area contributed by atoms with Gasteiger partial charge in [-0.3, -0.25) is 0 Å². The summed E-state index contributed by atoms with van der Waals surface area (Å²) in [5.41, 5.74) is 6.14. The van der Waals surface area contributed by atoms with Gasteiger partial charge < -0.3 is 5.11 Å². The summed E-state index contributed by atoms with van der Waals surface area (Å²) in [6.07, 6.45) is 6.67. The van der Waals surface area contributed by atoms with Gasteiger partial charge in [0, 0.05) is 0 Å². The standard InChI is InChI=1S/C19H28O/c1-18(2)9-10-19(3,4)16-12-14-13(11-15(16)18)7-5-6-8-17(14)20/h11-12,17,20H,5-10H2,1-4H3/t17-/m0/s1. The van der Waals surface area contributed by atoms with E-state index in [1.54, 1.807) is 0 Å². The highest BCUT2D eigenvalue weighted by molar-refractivity contribution is 5.48. The molecule has 0 unspecified atom stereocenters. The molecule has 0 heterocycles. The summed E-state index contributed by atoms with van der Waals surface area (Å²) >= 11 is 0. The molecule has 0 fully saturated rings. The molecule has 1 aromatic carbocycles. The lowest BCUT2D eigenvalue weighted by Crippen LogP contribution is -2.34. The van der Waals surface area contributed by atoms with E-state index in [0.717, 1.165) is 19.3 Å². The lowest BCUT2D eigenvalue weighted by Gasteiger charge is -2.42. The quantitative estimate of drug-likeness (QED) is 0.673. The lowest BCUT2D eigenvalue weighted by molar-refractivity contribution is 0.166. The van der Waals surface area contributed by atoms with E-state index in [2.05, 4.69) is 39.8 Å². The molecule has 1 nitrogen and oxygen atoms in total. The largest absolute Gasteiger partial charge is 0.388 e. The first-order valence-corrected chi connectivity index (χ1v) is 8.17. The molecule has 0 bridgehead atoms. The Balaban J connectivity index is 2.21. The van der Waals surface area contributed by atoms with Crippen molar-refractivity contribution in [2.24, 2.45) is 0 Å². The molecule has 0 saturated carbocycles. The monoisotopic (exact) mass is 272 g/mol. The van der Waals surface area contributed by atoms with Crippen LogP contribution in [0.1, 0.15) is 88.2 Å². The van der Waals surface area contributed by atoms with Gasteiger partial charge in [0.25, 0.3) is 0 Å². The smallest absolute Gasteiger partial charge is 0.0792 e. The third-order valence-electron chi connectivity index (χ3n) is 5.65. The maximum atomic E-state index is 10.4. The first kappa shape index (κ1) is 14.1. The third kappa shape index (κ3) is 2.20. The summed E-state index contributed by atoms with van der Waals surface area (Å²) in [6, 6.07) is 4.78. The molecule has 1 N–H and O–H groups in total. The first-order chi connectivity index (χ1) is 9.31. The molecule has 0 aliphatic heterocycles. The van der Waals surface area contributed by atoms with Gasteiger partial charge in [0.15, 0.2) is 0 Å². The molecule has 110 valence electrons. The summed E-state index contributed by atoms with van der Waals surface area (Å²) in [7, 11) is 0. The SMILES string of the molecule is CC1(C)CCC(C)(C)c2cc3c(cc21)CCCC[C@@H]3O. The molecule has 2 aliphatic carbocycles. The molecular formula is C19H28O. The minimum Gasteiger partial charge on any atom is -0.388 e. The van der Waals surface area contributed by atoms with Crippen LogP contribution in [0, 0.1) is 0 Å². The minimum atomic E-state index is -0.251. The van der Waals surface area contributed by atoms with Crippen molar-refractivity contribution >= 4 is 0 Å². The average Bonchev–Trinajstić information content (AvgIpc) is 2.56. The Hall–Kier alpha value is -0.820. The molecule has 1 aromatic rings. The highest BCUT2D eigenvalue weighted by Gasteiger charge is 2.38. The van der Waals surface area contributed by atoms with Gasteiger partial charge in [-0.25, -0.2) is 0 Å². The Morgan fingerprint density at radius 2 is 1.55 bits per heavy atom. The predicted octanol–water partition coefficient (Wildman–Crippen LogP) is 4.80. The van der Waals surface area contributed by atoms with E-state index in [-0.39, 0.29) is 16.9 Å². The zero-order chi connectivity index (χ0) is 14.5. The Labute approximate surface area is 123 Å². The van der Waals surface area contributed by atoms with Gasteiger partial charge >= 0.3 is 0 Å². The van der Waals surface area contributed by atoms with E-state index in [0.29, 0.717) is 0 Å². The predicted molar refractivity (Wildman–Crippen MR) is 84.2 cm³/mol. The molecule has 0 radical (unpaired) electrons. The normalized spacial score (nSPS) is 27.4. The van der Waals surface area contributed by atoms with Gasteiger partial charge in [-0.2, -0.15) is 0 Å². The van der Waals surface area contributed by atoms with Crippen LogP contribution in [0.5, 0.6) is 0 Å². The van der Waals surface area contributed by atoms with Crippen molar-refractivity contribution in [2.45, 2.75) is 83.2 Å². The van der Waals surface area contributed by atoms with Crippen molar-refractivity contribution in [1.29, 1.82) is 0 Å². The van der Waals surface area contributed by atoms with Gasteiger partial charge in [-0.1, -0.05) is 46.2 Å². The maximum absolute atomic E-state index is 10.4. The highest BCUT2D eigenvalue weighted by atomic mass is 16.3. The number of aliphatic hydroxyl groups excluding tert-OH is 1. The van der Waals surface area contributed by atoms with Crippen molar-refractivity contribution in [1.82, 2.24) is 0 Å². The van der Waals surface area contributed by atoms with Gasteiger partial charge in [0.2, 0.25) is 0 Å². The molecule has 0 aromatic heterocycles. The Kier molecular flexibility index (Phi) is 3.25. The molecule has 0 saturated heterocycles. The summed E-state index contributed by atoms with van der Waals surface area (Å²) in [5, 5.41) is 10.4. The fourth-order valence-electron chi connectivity index (χ4n) is 4.01. The molecular weight excluding hydrogens is 244 g/mol. The molecule has 20 heavy (non-hydrogen) atoms. The van der Waals surface area contributed by atoms with Crippen LogP contribution < -0.4 is 0 Å². The van der Waals surface area contributed by atoms with Crippen LogP contribution in [0.15, 0.2) is 12.1 Å². The molecule has 3 rings (SSSR count). The molecule has 1 atom stereocenters. The van der Waals surface area contributed by atoms with Crippen LogP contribution >= 0.6 is 0 Å². The molecule has 0 amide bonds. The second kappa shape index (κ2) is 4.59. The number of aryl methyl sites for hydroxylation is 1. The number of rotatable bonds is 0. The van der Waals surface area contributed by atoms with Crippen molar-refractivity contribution in [2.75, 3.05) is 0 Å². The van der Waals surface area contributed by atoms with Gasteiger partial charge in [-0.15, -0.1) is 0 Å². The zero-order valence-electron chi connectivity index (χ0n) is 13.4. The summed E-state index contributed by atoms with van der Waals surface area (Å²) in [6.45, 7) is 9.47. The van der Waals surface area contributed by atoms with Crippen LogP contribution in [-0.4, -0.2) is 5.11 Å². The fraction of sp³-hybridized carbons (Fsp3) is 0.684. The molecule has 0 spiro atoms. The van der Waals surface area contributed by atoms with E-state index in [4.69, 9.17) is 0 Å². The van der Waals surface area contributed by atoms with Gasteiger partial charge in [0.05, 0.1) is 6.10 Å². The minimum absolute atomic E-state index is 0.242. The van der Waals surface area contributed by atoms with Gasteiger partial charge in [-0.05, 0) is 65.2 Å². The van der Waals surface area contributed by atoms with Gasteiger partial charge in [0.1, 0.15) is 0 Å². The number of hydrogen-bond acceptors (Lipinski definition) is 1. The van der Waals surface area contributed by atoms with E-state index < -0.39 is 0 Å². The van der Waals surface area contributed by atoms with Crippen LogP contribution in [0.4, 0.5) is 0 Å². The Morgan fingerprint density at radius 3 is 2.20 bits per heavy atom. The van der Waals surface area contributed by atoms with Crippen LogP contribution in [-0.2, 0) is 17.3 Å². The van der Waals surface area contributed by atoms with Crippen LogP contribution in [0.25, 0.3) is 0 Å². The highest BCUT2D eigenvalue weighted by Crippen LogP contribution is 2.47. The second-order valence-corrected chi connectivity index (χ2v) is 8.13. The topological polar surface area (TPSA) is 20.2 Å². The Bertz CT molecular complexity index is 525. The number of fused-ring (bicyclic) bond motifs is 2. The first-order valence-electron chi connectivity index (χ1n) is 8.17. The number of aliphatic hydroxyl groups is 1. The van der Waals surface area contributed by atoms with Crippen molar-refractivity contribution in [3.05, 3.63) is 34.4 Å². The number of benzene rings is 1. The summed E-state index contributed by atoms with van der Waals surface area (Å²) in [4.78, 5) is 0. The summed E-state index contributed by atoms with van der Waals surface area (Å²) < 4.78 is 0. The fourth-order valence-corrected chi connectivity index (χ4v) is 4.01.